The molecule has 1 aromatic rings. The van der Waals surface area contributed by atoms with E-state index in [1.165, 1.54) is 0 Å². The summed E-state index contributed by atoms with van der Waals surface area (Å²) in [7, 11) is 0. The van der Waals surface area contributed by atoms with E-state index >= 15 is 0 Å². The number of pyridine rings is 1. The SMILES string of the molecule is C=CCC[C@H](C)NCCc1ccccn1. The van der Waals surface area contributed by atoms with Crippen LogP contribution in [0.2, 0.25) is 0 Å². The molecule has 0 aromatic carbocycles. The minimum Gasteiger partial charge on any atom is -0.314 e. The summed E-state index contributed by atoms with van der Waals surface area (Å²) in [6, 6.07) is 6.61. The third-order valence-corrected chi connectivity index (χ3v) is 2.40. The molecule has 0 aliphatic carbocycles. The Morgan fingerprint density at radius 1 is 1.53 bits per heavy atom. The summed E-state index contributed by atoms with van der Waals surface area (Å²) in [5.74, 6) is 0. The monoisotopic (exact) mass is 204 g/mol. The molecule has 1 rings (SSSR count). The normalized spacial score (nSPS) is 12.3. The van der Waals surface area contributed by atoms with Gasteiger partial charge in [-0.1, -0.05) is 12.1 Å². The molecule has 1 heterocycles. The first kappa shape index (κ1) is 11.9. The van der Waals surface area contributed by atoms with E-state index in [9.17, 15) is 0 Å². The van der Waals surface area contributed by atoms with Crippen molar-refractivity contribution in [3.05, 3.63) is 42.7 Å². The van der Waals surface area contributed by atoms with Crippen LogP contribution in [0.5, 0.6) is 0 Å². The van der Waals surface area contributed by atoms with Crippen molar-refractivity contribution in [2.24, 2.45) is 0 Å². The number of nitrogens with zero attached hydrogens (tertiary/aromatic N) is 1. The molecule has 0 saturated heterocycles. The predicted octanol–water partition coefficient (Wildman–Crippen LogP) is 2.57. The molecule has 0 radical (unpaired) electrons. The lowest BCUT2D eigenvalue weighted by Gasteiger charge is -2.12. The van der Waals surface area contributed by atoms with Gasteiger partial charge in [-0.2, -0.15) is 0 Å². The van der Waals surface area contributed by atoms with Crippen LogP contribution in [-0.4, -0.2) is 17.6 Å². The van der Waals surface area contributed by atoms with Gasteiger partial charge >= 0.3 is 0 Å². The van der Waals surface area contributed by atoms with Crippen molar-refractivity contribution < 1.29 is 0 Å². The van der Waals surface area contributed by atoms with Gasteiger partial charge in [0.15, 0.2) is 0 Å². The van der Waals surface area contributed by atoms with Gasteiger partial charge in [-0.25, -0.2) is 0 Å². The van der Waals surface area contributed by atoms with Crippen LogP contribution in [0.15, 0.2) is 37.1 Å². The van der Waals surface area contributed by atoms with E-state index in [4.69, 9.17) is 0 Å². The summed E-state index contributed by atoms with van der Waals surface area (Å²) in [4.78, 5) is 4.28. The van der Waals surface area contributed by atoms with Gasteiger partial charge in [0, 0.05) is 30.9 Å². The number of hydrogen-bond donors (Lipinski definition) is 1. The molecule has 1 aromatic heterocycles. The molecule has 0 fully saturated rings. The Morgan fingerprint density at radius 2 is 2.40 bits per heavy atom. The third-order valence-electron chi connectivity index (χ3n) is 2.40. The van der Waals surface area contributed by atoms with E-state index in [1.807, 2.05) is 24.4 Å². The molecular formula is C13H20N2. The molecule has 0 unspecified atom stereocenters. The average molecular weight is 204 g/mol. The second-order valence-corrected chi connectivity index (χ2v) is 3.79. The topological polar surface area (TPSA) is 24.9 Å². The highest BCUT2D eigenvalue weighted by atomic mass is 14.9. The highest BCUT2D eigenvalue weighted by Gasteiger charge is 1.99. The summed E-state index contributed by atoms with van der Waals surface area (Å²) < 4.78 is 0. The molecule has 2 nitrogen and oxygen atoms in total. The van der Waals surface area contributed by atoms with Crippen molar-refractivity contribution in [1.29, 1.82) is 0 Å². The predicted molar refractivity (Wildman–Crippen MR) is 64.8 cm³/mol. The highest BCUT2D eigenvalue weighted by molar-refractivity contribution is 5.03. The highest BCUT2D eigenvalue weighted by Crippen LogP contribution is 1.98. The van der Waals surface area contributed by atoms with E-state index in [1.54, 1.807) is 0 Å². The first-order valence-corrected chi connectivity index (χ1v) is 5.57. The van der Waals surface area contributed by atoms with Gasteiger partial charge in [-0.05, 0) is 31.9 Å². The molecule has 2 heteroatoms. The van der Waals surface area contributed by atoms with Gasteiger partial charge in [-0.3, -0.25) is 4.98 Å². The molecule has 15 heavy (non-hydrogen) atoms. The van der Waals surface area contributed by atoms with E-state index < -0.39 is 0 Å². The molecule has 0 amide bonds. The molecule has 1 atom stereocenters. The lowest BCUT2D eigenvalue weighted by Crippen LogP contribution is -2.28. The molecule has 0 spiro atoms. The zero-order valence-corrected chi connectivity index (χ0v) is 9.45. The lowest BCUT2D eigenvalue weighted by molar-refractivity contribution is 0.520. The average Bonchev–Trinajstić information content (AvgIpc) is 2.28. The van der Waals surface area contributed by atoms with Gasteiger partial charge in [-0.15, -0.1) is 6.58 Å². The third kappa shape index (κ3) is 5.33. The Kier molecular flexibility index (Phi) is 5.71. The van der Waals surface area contributed by atoms with Crippen LogP contribution in [0.3, 0.4) is 0 Å². The number of aromatic nitrogens is 1. The van der Waals surface area contributed by atoms with E-state index in [0.29, 0.717) is 6.04 Å². The number of hydrogen-bond acceptors (Lipinski definition) is 2. The fourth-order valence-corrected chi connectivity index (χ4v) is 1.46. The maximum atomic E-state index is 4.28. The Morgan fingerprint density at radius 3 is 3.07 bits per heavy atom. The lowest BCUT2D eigenvalue weighted by atomic mass is 10.2. The molecule has 0 saturated carbocycles. The zero-order valence-electron chi connectivity index (χ0n) is 9.45. The van der Waals surface area contributed by atoms with Crippen LogP contribution in [-0.2, 0) is 6.42 Å². The van der Waals surface area contributed by atoms with Crippen LogP contribution in [0.1, 0.15) is 25.5 Å². The van der Waals surface area contributed by atoms with Crippen molar-refractivity contribution in [2.75, 3.05) is 6.54 Å². The largest absolute Gasteiger partial charge is 0.314 e. The van der Waals surface area contributed by atoms with Gasteiger partial charge in [0.1, 0.15) is 0 Å². The first-order chi connectivity index (χ1) is 7.33. The molecular weight excluding hydrogens is 184 g/mol. The maximum Gasteiger partial charge on any atom is 0.0416 e. The van der Waals surface area contributed by atoms with E-state index in [2.05, 4.69) is 29.9 Å². The maximum absolute atomic E-state index is 4.28. The summed E-state index contributed by atoms with van der Waals surface area (Å²) >= 11 is 0. The second-order valence-electron chi connectivity index (χ2n) is 3.79. The standard InChI is InChI=1S/C13H20N2/c1-3-4-7-12(2)14-11-9-13-8-5-6-10-15-13/h3,5-6,8,10,12,14H,1,4,7,9,11H2,2H3/t12-/m0/s1. The summed E-state index contributed by atoms with van der Waals surface area (Å²) in [6.07, 6.45) is 7.05. The second kappa shape index (κ2) is 7.18. The van der Waals surface area contributed by atoms with Gasteiger partial charge in [0.05, 0.1) is 0 Å². The molecule has 0 aliphatic heterocycles. The Bertz CT molecular complexity index is 269. The minimum absolute atomic E-state index is 0.562. The molecule has 82 valence electrons. The Labute approximate surface area is 92.4 Å². The van der Waals surface area contributed by atoms with E-state index in [-0.39, 0.29) is 0 Å². The first-order valence-electron chi connectivity index (χ1n) is 5.57. The van der Waals surface area contributed by atoms with Gasteiger partial charge in [0.2, 0.25) is 0 Å². The number of allylic oxidation sites excluding steroid dienone is 1. The van der Waals surface area contributed by atoms with Gasteiger partial charge < -0.3 is 5.32 Å². The van der Waals surface area contributed by atoms with Crippen molar-refractivity contribution in [2.45, 2.75) is 32.2 Å². The summed E-state index contributed by atoms with van der Waals surface area (Å²) in [5, 5.41) is 3.48. The van der Waals surface area contributed by atoms with Crippen LogP contribution in [0.4, 0.5) is 0 Å². The van der Waals surface area contributed by atoms with Crippen molar-refractivity contribution >= 4 is 0 Å². The smallest absolute Gasteiger partial charge is 0.0416 e. The molecule has 0 aliphatic rings. The number of rotatable bonds is 7. The van der Waals surface area contributed by atoms with Crippen LogP contribution in [0.25, 0.3) is 0 Å². The molecule has 0 bridgehead atoms. The van der Waals surface area contributed by atoms with Crippen molar-refractivity contribution in [3.8, 4) is 0 Å². The Balaban J connectivity index is 2.13. The van der Waals surface area contributed by atoms with Crippen LogP contribution < -0.4 is 5.32 Å². The van der Waals surface area contributed by atoms with E-state index in [0.717, 1.165) is 31.5 Å². The minimum atomic E-state index is 0.562. The summed E-state index contributed by atoms with van der Waals surface area (Å²) in [5.41, 5.74) is 1.15. The fraction of sp³-hybridized carbons (Fsp3) is 0.462. The van der Waals surface area contributed by atoms with Crippen molar-refractivity contribution in [1.82, 2.24) is 10.3 Å². The quantitative estimate of drug-likeness (QED) is 0.690. The fourth-order valence-electron chi connectivity index (χ4n) is 1.46. The van der Waals surface area contributed by atoms with Crippen molar-refractivity contribution in [3.63, 3.8) is 0 Å². The van der Waals surface area contributed by atoms with Crippen LogP contribution in [0, 0.1) is 0 Å². The molecule has 1 N–H and O–H groups in total. The number of nitrogens with one attached hydrogen (secondary N) is 1. The zero-order chi connectivity index (χ0) is 10.9. The summed E-state index contributed by atoms with van der Waals surface area (Å²) in [6.45, 7) is 6.93. The van der Waals surface area contributed by atoms with Crippen LogP contribution >= 0.6 is 0 Å². The van der Waals surface area contributed by atoms with Gasteiger partial charge in [0.25, 0.3) is 0 Å². The Hall–Kier alpha value is -1.15.